The summed E-state index contributed by atoms with van der Waals surface area (Å²) in [5, 5.41) is 3.17. The van der Waals surface area contributed by atoms with Gasteiger partial charge in [0.1, 0.15) is 5.69 Å². The molecule has 1 aromatic carbocycles. The Balaban J connectivity index is 1.93. The van der Waals surface area contributed by atoms with E-state index in [0.717, 1.165) is 12.8 Å². The molecule has 100 valence electrons. The molecule has 1 heterocycles. The summed E-state index contributed by atoms with van der Waals surface area (Å²) in [4.78, 5) is 17.8. The van der Waals surface area contributed by atoms with E-state index < -0.39 is 0 Å². The first-order chi connectivity index (χ1) is 9.16. The molecule has 0 aliphatic carbocycles. The van der Waals surface area contributed by atoms with Crippen molar-refractivity contribution in [1.82, 2.24) is 9.97 Å². The second-order valence-corrected chi connectivity index (χ2v) is 4.56. The first-order valence-electron chi connectivity index (χ1n) is 6.30. The molecule has 19 heavy (non-hydrogen) atoms. The van der Waals surface area contributed by atoms with Gasteiger partial charge in [-0.2, -0.15) is 0 Å². The quantitative estimate of drug-likeness (QED) is 0.763. The third-order valence-corrected chi connectivity index (χ3v) is 2.98. The fourth-order valence-electron chi connectivity index (χ4n) is 1.86. The van der Waals surface area contributed by atoms with Gasteiger partial charge in [0, 0.05) is 6.04 Å². The minimum atomic E-state index is -0.312. The number of aromatic amines is 1. The van der Waals surface area contributed by atoms with E-state index in [4.69, 9.17) is 5.73 Å². The number of nitrogens with two attached hydrogens (primary N) is 1. The normalized spacial score (nSPS) is 12.1. The Morgan fingerprint density at radius 1 is 1.37 bits per heavy atom. The smallest absolute Gasteiger partial charge is 0.276 e. The summed E-state index contributed by atoms with van der Waals surface area (Å²) in [6, 6.07) is 10.5. The van der Waals surface area contributed by atoms with Gasteiger partial charge in [0.25, 0.3) is 5.56 Å². The summed E-state index contributed by atoms with van der Waals surface area (Å²) in [5.41, 5.74) is 6.78. The zero-order valence-electron chi connectivity index (χ0n) is 10.9. The number of nitrogens with one attached hydrogen (secondary N) is 2. The Hall–Kier alpha value is -2.30. The van der Waals surface area contributed by atoms with Crippen molar-refractivity contribution in [3.8, 4) is 0 Å². The molecule has 1 unspecified atom stereocenters. The standard InChI is InChI=1S/C14H18N4O/c1-10(7-8-11-5-3-2-4-6-11)18-13-12(15)14(19)17-9-16-13/h2-6,9-10H,7-8,15H2,1H3,(H2,16,17,18,19). The summed E-state index contributed by atoms with van der Waals surface area (Å²) >= 11 is 0. The molecule has 0 radical (unpaired) electrons. The maximum atomic E-state index is 11.3. The Labute approximate surface area is 111 Å². The van der Waals surface area contributed by atoms with Gasteiger partial charge >= 0.3 is 0 Å². The molecule has 0 amide bonds. The lowest BCUT2D eigenvalue weighted by atomic mass is 10.1. The molecule has 0 fully saturated rings. The molecule has 0 saturated carbocycles. The summed E-state index contributed by atoms with van der Waals surface area (Å²) < 4.78 is 0. The van der Waals surface area contributed by atoms with Crippen LogP contribution in [0.5, 0.6) is 0 Å². The number of aromatic nitrogens is 2. The third-order valence-electron chi connectivity index (χ3n) is 2.98. The van der Waals surface area contributed by atoms with Gasteiger partial charge in [0.05, 0.1) is 6.33 Å². The van der Waals surface area contributed by atoms with E-state index in [2.05, 4.69) is 27.4 Å². The topological polar surface area (TPSA) is 83.8 Å². The Kier molecular flexibility index (Phi) is 4.18. The van der Waals surface area contributed by atoms with Crippen LogP contribution in [0.1, 0.15) is 18.9 Å². The van der Waals surface area contributed by atoms with Crippen LogP contribution in [-0.4, -0.2) is 16.0 Å². The highest BCUT2D eigenvalue weighted by molar-refractivity contribution is 5.59. The molecular weight excluding hydrogens is 240 g/mol. The number of benzene rings is 1. The van der Waals surface area contributed by atoms with Gasteiger partial charge in [0.2, 0.25) is 0 Å². The minimum absolute atomic E-state index is 0.133. The zero-order valence-corrected chi connectivity index (χ0v) is 10.9. The van der Waals surface area contributed by atoms with E-state index in [-0.39, 0.29) is 17.3 Å². The van der Waals surface area contributed by atoms with E-state index in [1.165, 1.54) is 11.9 Å². The van der Waals surface area contributed by atoms with Crippen molar-refractivity contribution in [1.29, 1.82) is 0 Å². The van der Waals surface area contributed by atoms with Crippen molar-refractivity contribution in [3.63, 3.8) is 0 Å². The maximum Gasteiger partial charge on any atom is 0.276 e. The second-order valence-electron chi connectivity index (χ2n) is 4.56. The highest BCUT2D eigenvalue weighted by Crippen LogP contribution is 2.12. The van der Waals surface area contributed by atoms with Crippen LogP contribution >= 0.6 is 0 Å². The number of hydrogen-bond donors (Lipinski definition) is 3. The average Bonchev–Trinajstić information content (AvgIpc) is 2.43. The van der Waals surface area contributed by atoms with Crippen LogP contribution in [0, 0.1) is 0 Å². The van der Waals surface area contributed by atoms with Gasteiger partial charge in [-0.1, -0.05) is 30.3 Å². The van der Waals surface area contributed by atoms with Crippen LogP contribution in [0.2, 0.25) is 0 Å². The molecular formula is C14H18N4O. The monoisotopic (exact) mass is 258 g/mol. The van der Waals surface area contributed by atoms with Gasteiger partial charge in [-0.25, -0.2) is 4.98 Å². The van der Waals surface area contributed by atoms with Crippen LogP contribution in [0.25, 0.3) is 0 Å². The van der Waals surface area contributed by atoms with Crippen LogP contribution < -0.4 is 16.6 Å². The van der Waals surface area contributed by atoms with Crippen molar-refractivity contribution in [2.24, 2.45) is 0 Å². The van der Waals surface area contributed by atoms with Crippen molar-refractivity contribution in [2.75, 3.05) is 11.1 Å². The lowest BCUT2D eigenvalue weighted by molar-refractivity contribution is 0.702. The number of aryl methyl sites for hydroxylation is 1. The van der Waals surface area contributed by atoms with E-state index in [0.29, 0.717) is 5.82 Å². The molecule has 0 spiro atoms. The van der Waals surface area contributed by atoms with Gasteiger partial charge in [0.15, 0.2) is 5.82 Å². The average molecular weight is 258 g/mol. The summed E-state index contributed by atoms with van der Waals surface area (Å²) in [6.07, 6.45) is 3.26. The highest BCUT2D eigenvalue weighted by atomic mass is 16.1. The molecule has 0 aliphatic heterocycles. The Morgan fingerprint density at radius 3 is 2.84 bits per heavy atom. The van der Waals surface area contributed by atoms with Crippen molar-refractivity contribution < 1.29 is 0 Å². The van der Waals surface area contributed by atoms with E-state index in [1.54, 1.807) is 0 Å². The molecule has 1 aromatic heterocycles. The fraction of sp³-hybridized carbons (Fsp3) is 0.286. The first-order valence-corrected chi connectivity index (χ1v) is 6.30. The summed E-state index contributed by atoms with van der Waals surface area (Å²) in [7, 11) is 0. The molecule has 2 rings (SSSR count). The fourth-order valence-corrected chi connectivity index (χ4v) is 1.86. The number of nitrogens with zero attached hydrogens (tertiary/aromatic N) is 1. The Bertz CT molecular complexity index is 579. The lowest BCUT2D eigenvalue weighted by Crippen LogP contribution is -2.22. The maximum absolute atomic E-state index is 11.3. The van der Waals surface area contributed by atoms with Crippen LogP contribution in [0.15, 0.2) is 41.5 Å². The van der Waals surface area contributed by atoms with E-state index in [9.17, 15) is 4.79 Å². The van der Waals surface area contributed by atoms with Crippen molar-refractivity contribution in [3.05, 3.63) is 52.6 Å². The zero-order chi connectivity index (χ0) is 13.7. The third kappa shape index (κ3) is 3.58. The Morgan fingerprint density at radius 2 is 2.11 bits per heavy atom. The van der Waals surface area contributed by atoms with Gasteiger partial charge in [-0.3, -0.25) is 4.79 Å². The second kappa shape index (κ2) is 6.04. The molecule has 5 heteroatoms. The lowest BCUT2D eigenvalue weighted by Gasteiger charge is -2.15. The number of H-pyrrole nitrogens is 1. The number of rotatable bonds is 5. The largest absolute Gasteiger partial charge is 0.391 e. The van der Waals surface area contributed by atoms with Gasteiger partial charge in [-0.15, -0.1) is 0 Å². The molecule has 2 aromatic rings. The summed E-state index contributed by atoms with van der Waals surface area (Å²) in [5.74, 6) is 0.448. The highest BCUT2D eigenvalue weighted by Gasteiger charge is 2.08. The molecule has 0 aliphatic rings. The number of hydrogen-bond acceptors (Lipinski definition) is 4. The molecule has 5 nitrogen and oxygen atoms in total. The molecule has 0 bridgehead atoms. The van der Waals surface area contributed by atoms with Crippen molar-refractivity contribution >= 4 is 11.5 Å². The predicted molar refractivity (Wildman–Crippen MR) is 77.1 cm³/mol. The van der Waals surface area contributed by atoms with Gasteiger partial charge in [-0.05, 0) is 25.3 Å². The molecule has 4 N–H and O–H groups in total. The molecule has 0 saturated heterocycles. The van der Waals surface area contributed by atoms with Crippen LogP contribution in [0.4, 0.5) is 11.5 Å². The minimum Gasteiger partial charge on any atom is -0.391 e. The van der Waals surface area contributed by atoms with E-state index in [1.807, 2.05) is 25.1 Å². The van der Waals surface area contributed by atoms with Crippen LogP contribution in [-0.2, 0) is 6.42 Å². The SMILES string of the molecule is CC(CCc1ccccc1)Nc1nc[nH]c(=O)c1N. The number of nitrogen functional groups attached to an aromatic ring is 1. The summed E-state index contributed by atoms with van der Waals surface area (Å²) in [6.45, 7) is 2.05. The predicted octanol–water partition coefficient (Wildman–Crippen LogP) is 1.79. The van der Waals surface area contributed by atoms with Crippen molar-refractivity contribution in [2.45, 2.75) is 25.8 Å². The first kappa shape index (κ1) is 13.1. The van der Waals surface area contributed by atoms with E-state index >= 15 is 0 Å². The molecule has 1 atom stereocenters. The van der Waals surface area contributed by atoms with Gasteiger partial charge < -0.3 is 16.0 Å². The van der Waals surface area contributed by atoms with Crippen LogP contribution in [0.3, 0.4) is 0 Å². The number of anilines is 2.